The summed E-state index contributed by atoms with van der Waals surface area (Å²) in [6, 6.07) is 0. The van der Waals surface area contributed by atoms with Crippen molar-refractivity contribution < 1.29 is 9.90 Å². The first-order valence-corrected chi connectivity index (χ1v) is 2.62. The average Bonchev–Trinajstić information content (AvgIpc) is 1.80. The molecule has 0 rings (SSSR count). The molecule has 0 fully saturated rings. The van der Waals surface area contributed by atoms with Crippen molar-refractivity contribution >= 4 is 5.91 Å². The fraction of sp³-hybridized carbons (Fsp3) is 0.750. The lowest BCUT2D eigenvalue weighted by molar-refractivity contribution is -0.117. The van der Waals surface area contributed by atoms with Crippen molar-refractivity contribution in [2.75, 3.05) is 19.7 Å². The molecule has 0 aliphatic rings. The fourth-order valence-corrected chi connectivity index (χ4v) is 0.294. The molecule has 5 N–H and O–H groups in total. The van der Waals surface area contributed by atoms with E-state index in [1.54, 1.807) is 0 Å². The lowest BCUT2D eigenvalue weighted by atomic mass is 10.6. The van der Waals surface area contributed by atoms with Crippen LogP contribution in [0.2, 0.25) is 0 Å². The number of carbonyl (C=O) groups excluding carboxylic acids is 1. The van der Waals surface area contributed by atoms with E-state index in [0.29, 0.717) is 6.54 Å². The van der Waals surface area contributed by atoms with Crippen molar-refractivity contribution in [3.63, 3.8) is 0 Å². The Morgan fingerprint density at radius 1 is 1.56 bits per heavy atom. The SMILES string of the molecule is NC(=O)CNNCCO. The van der Waals surface area contributed by atoms with E-state index in [1.807, 2.05) is 0 Å². The van der Waals surface area contributed by atoms with Crippen LogP contribution in [-0.4, -0.2) is 30.7 Å². The average molecular weight is 133 g/mol. The minimum Gasteiger partial charge on any atom is -0.395 e. The van der Waals surface area contributed by atoms with Gasteiger partial charge in [-0.05, 0) is 0 Å². The zero-order valence-electron chi connectivity index (χ0n) is 5.05. The van der Waals surface area contributed by atoms with Gasteiger partial charge in [0.25, 0.3) is 0 Å². The van der Waals surface area contributed by atoms with Crippen molar-refractivity contribution in [2.24, 2.45) is 5.73 Å². The van der Waals surface area contributed by atoms with Crippen LogP contribution in [0.15, 0.2) is 0 Å². The molecular formula is C4H11N3O2. The van der Waals surface area contributed by atoms with E-state index in [9.17, 15) is 4.79 Å². The summed E-state index contributed by atoms with van der Waals surface area (Å²) < 4.78 is 0. The molecule has 0 aromatic carbocycles. The molecule has 0 heterocycles. The molecular weight excluding hydrogens is 122 g/mol. The first-order chi connectivity index (χ1) is 4.27. The lowest BCUT2D eigenvalue weighted by Crippen LogP contribution is -2.40. The van der Waals surface area contributed by atoms with Crippen LogP contribution in [0.25, 0.3) is 0 Å². The van der Waals surface area contributed by atoms with Gasteiger partial charge in [0.15, 0.2) is 0 Å². The largest absolute Gasteiger partial charge is 0.395 e. The van der Waals surface area contributed by atoms with Crippen LogP contribution in [0, 0.1) is 0 Å². The number of hydrogen-bond acceptors (Lipinski definition) is 4. The number of carbonyl (C=O) groups is 1. The summed E-state index contributed by atoms with van der Waals surface area (Å²) in [5, 5.41) is 8.21. The maximum absolute atomic E-state index is 10.0. The van der Waals surface area contributed by atoms with Gasteiger partial charge in [0.1, 0.15) is 0 Å². The van der Waals surface area contributed by atoms with Crippen LogP contribution in [0.4, 0.5) is 0 Å². The van der Waals surface area contributed by atoms with Gasteiger partial charge in [-0.15, -0.1) is 0 Å². The van der Waals surface area contributed by atoms with Gasteiger partial charge in [-0.2, -0.15) is 0 Å². The van der Waals surface area contributed by atoms with Gasteiger partial charge in [0, 0.05) is 6.54 Å². The second-order valence-electron chi connectivity index (χ2n) is 1.47. The molecule has 0 bridgehead atoms. The topological polar surface area (TPSA) is 87.4 Å². The standard InChI is InChI=1S/C4H11N3O2/c5-4(9)3-7-6-1-2-8/h6-8H,1-3H2,(H2,5,9). The van der Waals surface area contributed by atoms with Crippen LogP contribution in [0.5, 0.6) is 0 Å². The summed E-state index contributed by atoms with van der Waals surface area (Å²) in [6.45, 7) is 0.527. The van der Waals surface area contributed by atoms with E-state index in [4.69, 9.17) is 10.8 Å². The Morgan fingerprint density at radius 2 is 2.22 bits per heavy atom. The third-order valence-corrected chi connectivity index (χ3v) is 0.624. The van der Waals surface area contributed by atoms with Crippen molar-refractivity contribution in [2.45, 2.75) is 0 Å². The summed E-state index contributed by atoms with van der Waals surface area (Å²) >= 11 is 0. The number of primary amides is 1. The molecule has 54 valence electrons. The highest BCUT2D eigenvalue weighted by Gasteiger charge is 1.88. The molecule has 1 amide bonds. The number of aliphatic hydroxyl groups excluding tert-OH is 1. The zero-order chi connectivity index (χ0) is 7.11. The predicted octanol–water partition coefficient (Wildman–Crippen LogP) is -2.44. The van der Waals surface area contributed by atoms with E-state index in [1.165, 1.54) is 0 Å². The number of amides is 1. The first kappa shape index (κ1) is 8.35. The van der Waals surface area contributed by atoms with Crippen LogP contribution in [-0.2, 0) is 4.79 Å². The quantitative estimate of drug-likeness (QED) is 0.248. The van der Waals surface area contributed by atoms with Gasteiger partial charge in [-0.1, -0.05) is 0 Å². The minimum absolute atomic E-state index is 0.0335. The van der Waals surface area contributed by atoms with Crippen molar-refractivity contribution in [1.82, 2.24) is 10.9 Å². The number of aliphatic hydroxyl groups is 1. The molecule has 5 nitrogen and oxygen atoms in total. The molecule has 0 radical (unpaired) electrons. The second-order valence-corrected chi connectivity index (χ2v) is 1.47. The molecule has 0 spiro atoms. The lowest BCUT2D eigenvalue weighted by Gasteiger charge is -2.00. The number of nitrogens with one attached hydrogen (secondary N) is 2. The maximum Gasteiger partial charge on any atom is 0.232 e. The van der Waals surface area contributed by atoms with Crippen LogP contribution >= 0.6 is 0 Å². The van der Waals surface area contributed by atoms with Crippen LogP contribution in [0.1, 0.15) is 0 Å². The van der Waals surface area contributed by atoms with Crippen molar-refractivity contribution in [3.05, 3.63) is 0 Å². The van der Waals surface area contributed by atoms with Crippen molar-refractivity contribution in [3.8, 4) is 0 Å². The van der Waals surface area contributed by atoms with Crippen LogP contribution in [0.3, 0.4) is 0 Å². The molecule has 0 atom stereocenters. The predicted molar refractivity (Wildman–Crippen MR) is 32.3 cm³/mol. The molecule has 0 aromatic rings. The highest BCUT2D eigenvalue weighted by molar-refractivity contribution is 5.75. The Labute approximate surface area is 53.2 Å². The number of nitrogens with two attached hydrogens (primary N) is 1. The monoisotopic (exact) mass is 133 g/mol. The van der Waals surface area contributed by atoms with Gasteiger partial charge in [-0.25, -0.2) is 5.43 Å². The molecule has 0 saturated carbocycles. The third kappa shape index (κ3) is 7.35. The highest BCUT2D eigenvalue weighted by Crippen LogP contribution is 1.51. The summed E-state index contributed by atoms with van der Waals surface area (Å²) in [5.74, 6) is -0.430. The molecule has 9 heavy (non-hydrogen) atoms. The normalized spacial score (nSPS) is 9.44. The Balaban J connectivity index is 2.83. The number of rotatable bonds is 5. The fourth-order valence-electron chi connectivity index (χ4n) is 0.294. The Kier molecular flexibility index (Phi) is 5.09. The Bertz CT molecular complexity index is 85.9. The second kappa shape index (κ2) is 5.49. The van der Waals surface area contributed by atoms with Gasteiger partial charge in [0.2, 0.25) is 5.91 Å². The number of hydrogen-bond donors (Lipinski definition) is 4. The number of hydrazine groups is 1. The van der Waals surface area contributed by atoms with E-state index in [2.05, 4.69) is 10.9 Å². The van der Waals surface area contributed by atoms with E-state index in [-0.39, 0.29) is 13.2 Å². The Hall–Kier alpha value is -0.650. The van der Waals surface area contributed by atoms with E-state index in [0.717, 1.165) is 0 Å². The molecule has 0 aliphatic heterocycles. The molecule has 0 aliphatic carbocycles. The van der Waals surface area contributed by atoms with Gasteiger partial charge in [0.05, 0.1) is 13.2 Å². The summed E-state index contributed by atoms with van der Waals surface area (Å²) in [7, 11) is 0. The summed E-state index contributed by atoms with van der Waals surface area (Å²) in [5.41, 5.74) is 9.84. The molecule has 0 aromatic heterocycles. The zero-order valence-corrected chi connectivity index (χ0v) is 5.05. The molecule has 5 heteroatoms. The summed E-state index contributed by atoms with van der Waals surface area (Å²) in [4.78, 5) is 10.0. The van der Waals surface area contributed by atoms with Gasteiger partial charge >= 0.3 is 0 Å². The minimum atomic E-state index is -0.430. The maximum atomic E-state index is 10.0. The van der Waals surface area contributed by atoms with E-state index < -0.39 is 5.91 Å². The summed E-state index contributed by atoms with van der Waals surface area (Å²) in [6.07, 6.45) is 0. The molecule has 0 unspecified atom stereocenters. The smallest absolute Gasteiger partial charge is 0.232 e. The van der Waals surface area contributed by atoms with Crippen molar-refractivity contribution in [1.29, 1.82) is 0 Å². The third-order valence-electron chi connectivity index (χ3n) is 0.624. The van der Waals surface area contributed by atoms with Gasteiger partial charge < -0.3 is 10.8 Å². The highest BCUT2D eigenvalue weighted by atomic mass is 16.3. The first-order valence-electron chi connectivity index (χ1n) is 2.62. The van der Waals surface area contributed by atoms with E-state index >= 15 is 0 Å². The van der Waals surface area contributed by atoms with Crippen LogP contribution < -0.4 is 16.6 Å². The Morgan fingerprint density at radius 3 is 2.67 bits per heavy atom. The molecule has 0 saturated heterocycles. The van der Waals surface area contributed by atoms with Gasteiger partial charge in [-0.3, -0.25) is 10.2 Å².